The molecule has 2 rings (SSSR count). The lowest BCUT2D eigenvalue weighted by atomic mass is 10.1. The van der Waals surface area contributed by atoms with Crippen LogP contribution >= 0.6 is 0 Å². The first-order valence-electron chi connectivity index (χ1n) is 6.58. The quantitative estimate of drug-likeness (QED) is 0.697. The molecule has 1 saturated heterocycles. The first-order valence-corrected chi connectivity index (χ1v) is 6.58. The van der Waals surface area contributed by atoms with Gasteiger partial charge in [-0.25, -0.2) is 4.68 Å². The molecule has 0 bridgehead atoms. The first kappa shape index (κ1) is 14.0. The van der Waals surface area contributed by atoms with E-state index in [4.69, 9.17) is 5.11 Å². The van der Waals surface area contributed by atoms with Gasteiger partial charge in [-0.05, 0) is 39.8 Å². The molecule has 1 aliphatic rings. The molecule has 0 radical (unpaired) electrons. The molecule has 106 valence electrons. The Morgan fingerprint density at radius 3 is 2.89 bits per heavy atom. The number of carbonyl (C=O) groups excluding carboxylic acids is 1. The number of amides is 1. The average Bonchev–Trinajstić information content (AvgIpc) is 2.89. The van der Waals surface area contributed by atoms with E-state index in [-0.39, 0.29) is 12.5 Å². The molecule has 3 N–H and O–H groups in total. The number of aromatic nitrogens is 3. The zero-order valence-corrected chi connectivity index (χ0v) is 11.4. The largest absolute Gasteiger partial charge is 0.394 e. The van der Waals surface area contributed by atoms with Crippen LogP contribution in [0.3, 0.4) is 0 Å². The second-order valence-electron chi connectivity index (χ2n) is 5.56. The van der Waals surface area contributed by atoms with Crippen molar-refractivity contribution in [3.05, 3.63) is 11.9 Å². The average molecular weight is 267 g/mol. The molecule has 1 aromatic heterocycles. The van der Waals surface area contributed by atoms with Crippen LogP contribution < -0.4 is 10.6 Å². The van der Waals surface area contributed by atoms with Crippen LogP contribution in [-0.4, -0.2) is 51.2 Å². The fraction of sp³-hybridized carbons (Fsp3) is 0.750. The number of piperidine rings is 1. The lowest BCUT2D eigenvalue weighted by molar-refractivity contribution is 0.0864. The molecule has 1 amide bonds. The summed E-state index contributed by atoms with van der Waals surface area (Å²) in [6.07, 6.45) is 3.66. The van der Waals surface area contributed by atoms with Crippen LogP contribution in [0.25, 0.3) is 0 Å². The van der Waals surface area contributed by atoms with E-state index in [1.54, 1.807) is 24.7 Å². The first-order chi connectivity index (χ1) is 9.02. The molecule has 19 heavy (non-hydrogen) atoms. The lowest BCUT2D eigenvalue weighted by Crippen LogP contribution is -2.46. The minimum absolute atomic E-state index is 0.124. The molecule has 7 nitrogen and oxygen atoms in total. The molecule has 1 aromatic rings. The third-order valence-corrected chi connectivity index (χ3v) is 3.27. The third kappa shape index (κ3) is 3.51. The minimum atomic E-state index is -0.657. The van der Waals surface area contributed by atoms with Gasteiger partial charge in [-0.2, -0.15) is 0 Å². The van der Waals surface area contributed by atoms with Gasteiger partial charge in [0.2, 0.25) is 0 Å². The van der Waals surface area contributed by atoms with Gasteiger partial charge in [0.25, 0.3) is 5.91 Å². The Balaban J connectivity index is 2.02. The normalized spacial score (nSPS) is 17.4. The molecule has 0 saturated carbocycles. The predicted octanol–water partition coefficient (Wildman–Crippen LogP) is -0.297. The Bertz CT molecular complexity index is 437. The van der Waals surface area contributed by atoms with Gasteiger partial charge in [-0.1, -0.05) is 5.21 Å². The monoisotopic (exact) mass is 267 g/mol. The molecule has 0 atom stereocenters. The molecule has 0 aromatic carbocycles. The van der Waals surface area contributed by atoms with Crippen LogP contribution in [0.5, 0.6) is 0 Å². The van der Waals surface area contributed by atoms with E-state index in [0.717, 1.165) is 25.9 Å². The number of rotatable bonds is 4. The van der Waals surface area contributed by atoms with E-state index >= 15 is 0 Å². The van der Waals surface area contributed by atoms with E-state index in [1.165, 1.54) is 0 Å². The van der Waals surface area contributed by atoms with Gasteiger partial charge in [-0.3, -0.25) is 4.79 Å². The summed E-state index contributed by atoms with van der Waals surface area (Å²) in [6, 6.07) is 0.307. The van der Waals surface area contributed by atoms with Crippen LogP contribution in [-0.2, 0) is 0 Å². The van der Waals surface area contributed by atoms with Crippen LogP contribution in [0.15, 0.2) is 6.20 Å². The number of carbonyl (C=O) groups is 1. The van der Waals surface area contributed by atoms with Gasteiger partial charge >= 0.3 is 0 Å². The standard InChI is InChI=1S/C12H21N5O2/c1-12(2,8-18)14-11(19)10-7-17(16-15-10)9-3-5-13-6-4-9/h7,9,13,18H,3-6,8H2,1-2H3,(H,14,19). The Morgan fingerprint density at radius 2 is 2.26 bits per heavy atom. The Morgan fingerprint density at radius 1 is 1.58 bits per heavy atom. The number of aliphatic hydroxyl groups excluding tert-OH is 1. The summed E-state index contributed by atoms with van der Waals surface area (Å²) >= 11 is 0. The van der Waals surface area contributed by atoms with Crippen LogP contribution in [0, 0.1) is 0 Å². The third-order valence-electron chi connectivity index (χ3n) is 3.27. The highest BCUT2D eigenvalue weighted by Gasteiger charge is 2.23. The molecular formula is C12H21N5O2. The molecule has 0 unspecified atom stereocenters. The highest BCUT2D eigenvalue weighted by atomic mass is 16.3. The van der Waals surface area contributed by atoms with Crippen molar-refractivity contribution in [1.82, 2.24) is 25.6 Å². The van der Waals surface area contributed by atoms with Gasteiger partial charge < -0.3 is 15.7 Å². The number of aliphatic hydroxyl groups is 1. The molecule has 0 spiro atoms. The second-order valence-corrected chi connectivity index (χ2v) is 5.56. The van der Waals surface area contributed by atoms with Gasteiger partial charge in [0.1, 0.15) is 0 Å². The van der Waals surface area contributed by atoms with Crippen molar-refractivity contribution in [2.45, 2.75) is 38.3 Å². The smallest absolute Gasteiger partial charge is 0.273 e. The van der Waals surface area contributed by atoms with E-state index < -0.39 is 5.54 Å². The van der Waals surface area contributed by atoms with Gasteiger partial charge in [0, 0.05) is 0 Å². The summed E-state index contributed by atoms with van der Waals surface area (Å²) in [4.78, 5) is 12.0. The summed E-state index contributed by atoms with van der Waals surface area (Å²) < 4.78 is 1.77. The van der Waals surface area contributed by atoms with Crippen LogP contribution in [0.1, 0.15) is 43.2 Å². The topological polar surface area (TPSA) is 92.1 Å². The molecule has 0 aliphatic carbocycles. The predicted molar refractivity (Wildman–Crippen MR) is 69.8 cm³/mol. The van der Waals surface area contributed by atoms with Crippen molar-refractivity contribution in [3.63, 3.8) is 0 Å². The summed E-state index contributed by atoms with van der Waals surface area (Å²) in [5.41, 5.74) is -0.365. The summed E-state index contributed by atoms with van der Waals surface area (Å²) in [5, 5.41) is 23.1. The van der Waals surface area contributed by atoms with Crippen molar-refractivity contribution in [2.75, 3.05) is 19.7 Å². The zero-order chi connectivity index (χ0) is 13.9. The maximum absolute atomic E-state index is 12.0. The molecule has 2 heterocycles. The lowest BCUT2D eigenvalue weighted by Gasteiger charge is -2.23. The van der Waals surface area contributed by atoms with Crippen LogP contribution in [0.2, 0.25) is 0 Å². The van der Waals surface area contributed by atoms with E-state index in [9.17, 15) is 4.79 Å². The Kier molecular flexibility index (Phi) is 4.16. The van der Waals surface area contributed by atoms with Crippen molar-refractivity contribution in [2.24, 2.45) is 0 Å². The zero-order valence-electron chi connectivity index (χ0n) is 11.4. The van der Waals surface area contributed by atoms with E-state index in [0.29, 0.717) is 11.7 Å². The minimum Gasteiger partial charge on any atom is -0.394 e. The van der Waals surface area contributed by atoms with Gasteiger partial charge in [0.05, 0.1) is 24.4 Å². The highest BCUT2D eigenvalue weighted by Crippen LogP contribution is 2.17. The number of hydrogen-bond acceptors (Lipinski definition) is 5. The Labute approximate surface area is 112 Å². The number of hydrogen-bond donors (Lipinski definition) is 3. The summed E-state index contributed by atoms with van der Waals surface area (Å²) in [6.45, 7) is 5.30. The molecule has 1 aliphatic heterocycles. The Hall–Kier alpha value is -1.47. The maximum atomic E-state index is 12.0. The number of nitrogens with one attached hydrogen (secondary N) is 2. The molecule has 7 heteroatoms. The highest BCUT2D eigenvalue weighted by molar-refractivity contribution is 5.92. The van der Waals surface area contributed by atoms with E-state index in [1.807, 2.05) is 0 Å². The van der Waals surface area contributed by atoms with Crippen molar-refractivity contribution >= 4 is 5.91 Å². The maximum Gasteiger partial charge on any atom is 0.273 e. The van der Waals surface area contributed by atoms with Crippen molar-refractivity contribution in [1.29, 1.82) is 0 Å². The van der Waals surface area contributed by atoms with Crippen molar-refractivity contribution < 1.29 is 9.90 Å². The molecule has 1 fully saturated rings. The van der Waals surface area contributed by atoms with Crippen molar-refractivity contribution in [3.8, 4) is 0 Å². The summed E-state index contributed by atoms with van der Waals surface area (Å²) in [7, 11) is 0. The van der Waals surface area contributed by atoms with Crippen LogP contribution in [0.4, 0.5) is 0 Å². The SMILES string of the molecule is CC(C)(CO)NC(=O)c1cn(C2CCNCC2)nn1. The molecular weight excluding hydrogens is 246 g/mol. The summed E-state index contributed by atoms with van der Waals surface area (Å²) in [5.74, 6) is -0.306. The second kappa shape index (κ2) is 5.66. The fourth-order valence-electron chi connectivity index (χ4n) is 2.04. The van der Waals surface area contributed by atoms with Gasteiger partial charge in [-0.15, -0.1) is 5.10 Å². The van der Waals surface area contributed by atoms with E-state index in [2.05, 4.69) is 20.9 Å². The number of nitrogens with zero attached hydrogens (tertiary/aromatic N) is 3. The fourth-order valence-corrected chi connectivity index (χ4v) is 2.04. The van der Waals surface area contributed by atoms with Gasteiger partial charge in [0.15, 0.2) is 5.69 Å².